The molecule has 27 heavy (non-hydrogen) atoms. The predicted octanol–water partition coefficient (Wildman–Crippen LogP) is 2.83. The molecule has 0 fully saturated rings. The summed E-state index contributed by atoms with van der Waals surface area (Å²) in [7, 11) is 4.61. The molecule has 0 saturated carbocycles. The molecule has 0 atom stereocenters. The van der Waals surface area contributed by atoms with E-state index in [1.165, 1.54) is 21.1 Å². The molecule has 0 bridgehead atoms. The van der Waals surface area contributed by atoms with Gasteiger partial charge in [-0.3, -0.25) is 9.59 Å². The summed E-state index contributed by atoms with van der Waals surface area (Å²) >= 11 is 0. The lowest BCUT2D eigenvalue weighted by atomic mass is 10.1. The van der Waals surface area contributed by atoms with Gasteiger partial charge in [0.25, 0.3) is 5.91 Å². The number of benzene rings is 2. The highest BCUT2D eigenvalue weighted by Crippen LogP contribution is 2.28. The fourth-order valence-corrected chi connectivity index (χ4v) is 2.36. The molecule has 0 saturated heterocycles. The zero-order valence-electron chi connectivity index (χ0n) is 15.7. The summed E-state index contributed by atoms with van der Waals surface area (Å²) in [6.07, 6.45) is 1.55. The van der Waals surface area contributed by atoms with E-state index in [0.717, 1.165) is 0 Å². The van der Waals surface area contributed by atoms with Crippen LogP contribution in [0, 0.1) is 0 Å². The molecule has 0 unspecified atom stereocenters. The molecule has 2 aromatic carbocycles. The lowest BCUT2D eigenvalue weighted by Crippen LogP contribution is -2.28. The van der Waals surface area contributed by atoms with Crippen LogP contribution in [-0.4, -0.2) is 33.1 Å². The maximum absolute atomic E-state index is 12.6. The third-order valence-electron chi connectivity index (χ3n) is 3.60. The van der Waals surface area contributed by atoms with Gasteiger partial charge < -0.3 is 24.8 Å². The van der Waals surface area contributed by atoms with Crippen molar-refractivity contribution in [2.45, 2.75) is 6.92 Å². The molecule has 0 aliphatic heterocycles. The molecule has 0 aromatic heterocycles. The van der Waals surface area contributed by atoms with E-state index in [1.54, 1.807) is 55.7 Å². The van der Waals surface area contributed by atoms with Crippen LogP contribution in [0.1, 0.15) is 12.5 Å². The zero-order valence-corrected chi connectivity index (χ0v) is 15.7. The molecular weight excluding hydrogens is 348 g/mol. The van der Waals surface area contributed by atoms with Gasteiger partial charge in [0.15, 0.2) is 11.5 Å². The summed E-state index contributed by atoms with van der Waals surface area (Å²) < 4.78 is 15.6. The highest BCUT2D eigenvalue weighted by molar-refractivity contribution is 6.08. The second-order valence-electron chi connectivity index (χ2n) is 5.54. The number of anilines is 1. The lowest BCUT2D eigenvalue weighted by Gasteiger charge is -2.12. The second kappa shape index (κ2) is 9.28. The van der Waals surface area contributed by atoms with Gasteiger partial charge in [-0.15, -0.1) is 0 Å². The van der Waals surface area contributed by atoms with Crippen molar-refractivity contribution >= 4 is 23.6 Å². The van der Waals surface area contributed by atoms with E-state index in [1.807, 2.05) is 0 Å². The Balaban J connectivity index is 2.31. The Hall–Kier alpha value is -3.48. The van der Waals surface area contributed by atoms with E-state index >= 15 is 0 Å². The first kappa shape index (κ1) is 19.8. The number of ether oxygens (including phenoxy) is 3. The summed E-state index contributed by atoms with van der Waals surface area (Å²) in [5.41, 5.74) is 1.30. The van der Waals surface area contributed by atoms with Crippen LogP contribution in [-0.2, 0) is 9.59 Å². The Morgan fingerprint density at radius 1 is 0.926 bits per heavy atom. The first-order valence-corrected chi connectivity index (χ1v) is 8.13. The van der Waals surface area contributed by atoms with Gasteiger partial charge in [0, 0.05) is 18.7 Å². The molecule has 2 rings (SSSR count). The molecule has 0 spiro atoms. The standard InChI is InChI=1S/C20H22N2O5/c1-13(23)21-17(10-14-8-9-18(26-3)19(11-14)27-4)20(24)22-15-6-5-7-16(12-15)25-2/h5-12H,1-4H3,(H,21,23)(H,22,24). The number of rotatable bonds is 7. The minimum Gasteiger partial charge on any atom is -0.497 e. The molecule has 0 aliphatic rings. The summed E-state index contributed by atoms with van der Waals surface area (Å²) in [6.45, 7) is 1.33. The van der Waals surface area contributed by atoms with Crippen molar-refractivity contribution in [3.63, 3.8) is 0 Å². The Bertz CT molecular complexity index is 861. The van der Waals surface area contributed by atoms with Gasteiger partial charge in [-0.1, -0.05) is 12.1 Å². The van der Waals surface area contributed by atoms with E-state index in [2.05, 4.69) is 10.6 Å². The lowest BCUT2D eigenvalue weighted by molar-refractivity contribution is -0.120. The molecule has 0 radical (unpaired) electrons. The van der Waals surface area contributed by atoms with Crippen LogP contribution in [0.2, 0.25) is 0 Å². The second-order valence-corrected chi connectivity index (χ2v) is 5.54. The number of hydrogen-bond acceptors (Lipinski definition) is 5. The van der Waals surface area contributed by atoms with Gasteiger partial charge in [0.1, 0.15) is 11.4 Å². The van der Waals surface area contributed by atoms with Crippen molar-refractivity contribution in [2.75, 3.05) is 26.6 Å². The van der Waals surface area contributed by atoms with E-state index < -0.39 is 5.91 Å². The quantitative estimate of drug-likeness (QED) is 0.732. The fourth-order valence-electron chi connectivity index (χ4n) is 2.36. The van der Waals surface area contributed by atoms with Gasteiger partial charge in [0.05, 0.1) is 21.3 Å². The van der Waals surface area contributed by atoms with Crippen LogP contribution < -0.4 is 24.8 Å². The smallest absolute Gasteiger partial charge is 0.272 e. The van der Waals surface area contributed by atoms with Crippen LogP contribution >= 0.6 is 0 Å². The number of carbonyl (C=O) groups is 2. The number of carbonyl (C=O) groups excluding carboxylic acids is 2. The van der Waals surface area contributed by atoms with Crippen LogP contribution in [0.5, 0.6) is 17.2 Å². The van der Waals surface area contributed by atoms with Gasteiger partial charge >= 0.3 is 0 Å². The molecule has 2 N–H and O–H groups in total. The van der Waals surface area contributed by atoms with Crippen molar-refractivity contribution < 1.29 is 23.8 Å². The van der Waals surface area contributed by atoms with Crippen molar-refractivity contribution in [3.8, 4) is 17.2 Å². The first-order chi connectivity index (χ1) is 13.0. The molecule has 2 amide bonds. The topological polar surface area (TPSA) is 85.9 Å². The van der Waals surface area contributed by atoms with Crippen LogP contribution in [0.3, 0.4) is 0 Å². The predicted molar refractivity (Wildman–Crippen MR) is 103 cm³/mol. The summed E-state index contributed by atoms with van der Waals surface area (Å²) in [5, 5.41) is 5.29. The van der Waals surface area contributed by atoms with Crippen molar-refractivity contribution in [3.05, 3.63) is 53.7 Å². The third kappa shape index (κ3) is 5.50. The van der Waals surface area contributed by atoms with Gasteiger partial charge in [-0.05, 0) is 35.9 Å². The van der Waals surface area contributed by atoms with E-state index in [4.69, 9.17) is 14.2 Å². The maximum Gasteiger partial charge on any atom is 0.272 e. The largest absolute Gasteiger partial charge is 0.497 e. The van der Waals surface area contributed by atoms with Gasteiger partial charge in [-0.2, -0.15) is 0 Å². The van der Waals surface area contributed by atoms with Crippen molar-refractivity contribution in [1.29, 1.82) is 0 Å². The monoisotopic (exact) mass is 370 g/mol. The SMILES string of the molecule is COc1cccc(NC(=O)C(=Cc2ccc(OC)c(OC)c2)NC(C)=O)c1. The van der Waals surface area contributed by atoms with Gasteiger partial charge in [0.2, 0.25) is 5.91 Å². The maximum atomic E-state index is 12.6. The normalized spacial score (nSPS) is 10.7. The first-order valence-electron chi connectivity index (χ1n) is 8.13. The number of nitrogens with one attached hydrogen (secondary N) is 2. The Morgan fingerprint density at radius 3 is 2.30 bits per heavy atom. The number of hydrogen-bond donors (Lipinski definition) is 2. The molecule has 0 aliphatic carbocycles. The molecule has 0 heterocycles. The van der Waals surface area contributed by atoms with Gasteiger partial charge in [-0.25, -0.2) is 0 Å². The Morgan fingerprint density at radius 2 is 1.67 bits per heavy atom. The van der Waals surface area contributed by atoms with E-state index in [9.17, 15) is 9.59 Å². The molecule has 7 nitrogen and oxygen atoms in total. The minimum absolute atomic E-state index is 0.0949. The minimum atomic E-state index is -0.465. The number of amides is 2. The molecule has 2 aromatic rings. The van der Waals surface area contributed by atoms with Crippen molar-refractivity contribution in [2.24, 2.45) is 0 Å². The Labute approximate surface area is 157 Å². The van der Waals surface area contributed by atoms with E-state index in [-0.39, 0.29) is 11.6 Å². The van der Waals surface area contributed by atoms with Crippen LogP contribution in [0.4, 0.5) is 5.69 Å². The highest BCUT2D eigenvalue weighted by atomic mass is 16.5. The number of methoxy groups -OCH3 is 3. The van der Waals surface area contributed by atoms with Crippen LogP contribution in [0.15, 0.2) is 48.2 Å². The average Bonchev–Trinajstić information content (AvgIpc) is 2.67. The summed E-state index contributed by atoms with van der Waals surface area (Å²) in [6, 6.07) is 12.1. The fraction of sp³-hybridized carbons (Fsp3) is 0.200. The van der Waals surface area contributed by atoms with E-state index in [0.29, 0.717) is 28.5 Å². The van der Waals surface area contributed by atoms with Crippen LogP contribution in [0.25, 0.3) is 6.08 Å². The summed E-state index contributed by atoms with van der Waals surface area (Å²) in [4.78, 5) is 24.2. The average molecular weight is 370 g/mol. The molecule has 142 valence electrons. The van der Waals surface area contributed by atoms with Crippen molar-refractivity contribution in [1.82, 2.24) is 5.32 Å². The Kier molecular flexibility index (Phi) is 6.82. The third-order valence-corrected chi connectivity index (χ3v) is 3.60. The highest BCUT2D eigenvalue weighted by Gasteiger charge is 2.13. The zero-order chi connectivity index (χ0) is 19.8. The molecule has 7 heteroatoms. The molecular formula is C20H22N2O5. The summed E-state index contributed by atoms with van der Waals surface area (Å²) in [5.74, 6) is 0.867.